The van der Waals surface area contributed by atoms with Crippen LogP contribution in [-0.4, -0.2) is 33.0 Å². The molecule has 0 unspecified atom stereocenters. The van der Waals surface area contributed by atoms with Crippen LogP contribution in [0.3, 0.4) is 0 Å². The van der Waals surface area contributed by atoms with Crippen LogP contribution < -0.4 is 5.32 Å². The van der Waals surface area contributed by atoms with E-state index >= 15 is 0 Å². The number of aryl methyl sites for hydroxylation is 1. The molecule has 1 amide bonds. The summed E-state index contributed by atoms with van der Waals surface area (Å²) in [5.74, 6) is 1.26. The zero-order chi connectivity index (χ0) is 22.7. The van der Waals surface area contributed by atoms with Gasteiger partial charge in [0.25, 0.3) is 0 Å². The van der Waals surface area contributed by atoms with Crippen LogP contribution in [-0.2, 0) is 22.6 Å². The number of amides is 1. The summed E-state index contributed by atoms with van der Waals surface area (Å²) in [7, 11) is 0. The summed E-state index contributed by atoms with van der Waals surface area (Å²) in [5, 5.41) is 5.84. The second-order valence-corrected chi connectivity index (χ2v) is 11.4. The van der Waals surface area contributed by atoms with Crippen LogP contribution in [0.4, 0.5) is 5.69 Å². The van der Waals surface area contributed by atoms with Gasteiger partial charge >= 0.3 is 0 Å². The van der Waals surface area contributed by atoms with Crippen molar-refractivity contribution in [3.8, 4) is 0 Å². The van der Waals surface area contributed by atoms with Gasteiger partial charge in [-0.2, -0.15) is 0 Å². The highest BCUT2D eigenvalue weighted by atomic mass is 32.2. The van der Waals surface area contributed by atoms with E-state index in [-0.39, 0.29) is 11.5 Å². The number of ether oxygens (including phenoxy) is 1. The molecule has 1 N–H and O–H groups in total. The molecule has 170 valence electrons. The molecule has 0 saturated heterocycles. The number of thioether (sulfide) groups is 2. The lowest BCUT2D eigenvalue weighted by atomic mass is 9.90. The van der Waals surface area contributed by atoms with E-state index in [1.165, 1.54) is 22.2 Å². The predicted octanol–water partition coefficient (Wildman–Crippen LogP) is 6.47. The third-order valence-corrected chi connectivity index (χ3v) is 8.85. The molecule has 8 heteroatoms. The average Bonchev–Trinajstić information content (AvgIpc) is 3.15. The van der Waals surface area contributed by atoms with Gasteiger partial charge in [-0.1, -0.05) is 55.6 Å². The van der Waals surface area contributed by atoms with Crippen LogP contribution in [0.5, 0.6) is 0 Å². The number of rotatable bonds is 8. The fourth-order valence-corrected chi connectivity index (χ4v) is 6.48. The molecule has 1 aliphatic heterocycles. The molecule has 0 spiro atoms. The van der Waals surface area contributed by atoms with Crippen molar-refractivity contribution in [1.29, 1.82) is 0 Å². The normalized spacial score (nSPS) is 18.0. The van der Waals surface area contributed by atoms with Crippen LogP contribution in [0.15, 0.2) is 34.4 Å². The number of para-hydroxylation sites is 1. The van der Waals surface area contributed by atoms with Crippen molar-refractivity contribution in [2.24, 2.45) is 0 Å². The van der Waals surface area contributed by atoms with E-state index in [1.807, 2.05) is 31.2 Å². The molecule has 0 aliphatic carbocycles. The standard InChI is InChI=1S/C24H29N3O2S3/c1-5-11-30-23-26-21(31-14-19(28)25-17-10-8-7-9-15(17)3)20-16-12-24(4,6-2)29-13-18(16)32-22(20)27-23/h7-10H,5-6,11-14H2,1-4H3,(H,25,28)/t24-/m1/s1. The Bertz CT molecular complexity index is 1130. The molecule has 0 radical (unpaired) electrons. The maximum atomic E-state index is 12.7. The lowest BCUT2D eigenvalue weighted by Gasteiger charge is -2.33. The highest BCUT2D eigenvalue weighted by Crippen LogP contribution is 2.43. The maximum absolute atomic E-state index is 12.7. The van der Waals surface area contributed by atoms with Gasteiger partial charge in [-0.25, -0.2) is 9.97 Å². The summed E-state index contributed by atoms with van der Waals surface area (Å²) in [6.45, 7) is 9.12. The molecule has 0 saturated carbocycles. The Morgan fingerprint density at radius 1 is 1.25 bits per heavy atom. The minimum atomic E-state index is -0.166. The van der Waals surface area contributed by atoms with Crippen LogP contribution in [0, 0.1) is 6.92 Å². The average molecular weight is 488 g/mol. The first-order chi connectivity index (χ1) is 15.4. The predicted molar refractivity (Wildman–Crippen MR) is 136 cm³/mol. The number of anilines is 1. The van der Waals surface area contributed by atoms with Gasteiger partial charge in [0.2, 0.25) is 5.91 Å². The molecule has 1 aromatic carbocycles. The van der Waals surface area contributed by atoms with E-state index < -0.39 is 0 Å². The van der Waals surface area contributed by atoms with Gasteiger partial charge in [-0.3, -0.25) is 4.79 Å². The fourth-order valence-electron chi connectivity index (χ4n) is 3.64. The Labute approximate surface area is 202 Å². The second kappa shape index (κ2) is 10.1. The summed E-state index contributed by atoms with van der Waals surface area (Å²) < 4.78 is 6.17. The zero-order valence-corrected chi connectivity index (χ0v) is 21.4. The van der Waals surface area contributed by atoms with Crippen molar-refractivity contribution >= 4 is 56.7 Å². The molecule has 5 nitrogen and oxygen atoms in total. The van der Waals surface area contributed by atoms with E-state index in [0.29, 0.717) is 12.4 Å². The summed E-state index contributed by atoms with van der Waals surface area (Å²) >= 11 is 4.89. The Hall–Kier alpha value is -1.61. The monoisotopic (exact) mass is 487 g/mol. The van der Waals surface area contributed by atoms with E-state index in [4.69, 9.17) is 14.7 Å². The molecular weight excluding hydrogens is 458 g/mol. The molecule has 32 heavy (non-hydrogen) atoms. The van der Waals surface area contributed by atoms with Crippen LogP contribution in [0.25, 0.3) is 10.2 Å². The van der Waals surface area contributed by atoms with E-state index in [0.717, 1.165) is 56.7 Å². The van der Waals surface area contributed by atoms with Crippen molar-refractivity contribution < 1.29 is 9.53 Å². The third kappa shape index (κ3) is 5.14. The minimum absolute atomic E-state index is 0.0235. The molecule has 4 rings (SSSR count). The van der Waals surface area contributed by atoms with Crippen molar-refractivity contribution in [2.45, 2.75) is 69.3 Å². The van der Waals surface area contributed by atoms with Crippen LogP contribution in [0.1, 0.15) is 49.6 Å². The second-order valence-electron chi connectivity index (χ2n) is 8.26. The van der Waals surface area contributed by atoms with Gasteiger partial charge in [-0.15, -0.1) is 11.3 Å². The lowest BCUT2D eigenvalue weighted by Crippen LogP contribution is -2.33. The fraction of sp³-hybridized carbons (Fsp3) is 0.458. The van der Waals surface area contributed by atoms with E-state index in [9.17, 15) is 4.79 Å². The Kier molecular flexibility index (Phi) is 7.44. The van der Waals surface area contributed by atoms with Gasteiger partial charge in [0.1, 0.15) is 9.86 Å². The third-order valence-electron chi connectivity index (χ3n) is 5.73. The van der Waals surface area contributed by atoms with Gasteiger partial charge in [-0.05, 0) is 43.9 Å². The molecule has 3 aromatic rings. The first-order valence-electron chi connectivity index (χ1n) is 11.0. The van der Waals surface area contributed by atoms with Crippen molar-refractivity contribution in [1.82, 2.24) is 9.97 Å². The highest BCUT2D eigenvalue weighted by molar-refractivity contribution is 8.00. The Balaban J connectivity index is 1.63. The molecule has 1 atom stereocenters. The van der Waals surface area contributed by atoms with E-state index in [1.54, 1.807) is 23.1 Å². The number of nitrogens with zero attached hydrogens (tertiary/aromatic N) is 2. The lowest BCUT2D eigenvalue weighted by molar-refractivity contribution is -0.113. The molecule has 2 aromatic heterocycles. The molecule has 1 aliphatic rings. The molecular formula is C24H29N3O2S3. The number of carbonyl (C=O) groups excluding carboxylic acids is 1. The van der Waals surface area contributed by atoms with Gasteiger partial charge in [0, 0.05) is 28.1 Å². The summed E-state index contributed by atoms with van der Waals surface area (Å²) in [6, 6.07) is 7.84. The summed E-state index contributed by atoms with van der Waals surface area (Å²) in [4.78, 5) is 24.7. The van der Waals surface area contributed by atoms with Crippen molar-refractivity contribution in [2.75, 3.05) is 16.8 Å². The number of hydrogen-bond acceptors (Lipinski definition) is 7. The van der Waals surface area contributed by atoms with Crippen LogP contribution >= 0.6 is 34.9 Å². The van der Waals surface area contributed by atoms with Gasteiger partial charge < -0.3 is 10.1 Å². The number of aromatic nitrogens is 2. The quantitative estimate of drug-likeness (QED) is 0.223. The Morgan fingerprint density at radius 3 is 2.81 bits per heavy atom. The number of thiophene rings is 1. The molecule has 0 bridgehead atoms. The Morgan fingerprint density at radius 2 is 2.06 bits per heavy atom. The van der Waals surface area contributed by atoms with Crippen molar-refractivity contribution in [3.05, 3.63) is 40.3 Å². The summed E-state index contributed by atoms with van der Waals surface area (Å²) in [5.41, 5.74) is 3.04. The maximum Gasteiger partial charge on any atom is 0.234 e. The number of hydrogen-bond donors (Lipinski definition) is 1. The van der Waals surface area contributed by atoms with Gasteiger partial charge in [0.05, 0.1) is 18.0 Å². The largest absolute Gasteiger partial charge is 0.369 e. The zero-order valence-electron chi connectivity index (χ0n) is 19.0. The SMILES string of the molecule is CCCSc1nc(SCC(=O)Nc2ccccc2C)c2c3c(sc2n1)CO[C@](C)(CC)C3. The number of fused-ring (bicyclic) bond motifs is 3. The summed E-state index contributed by atoms with van der Waals surface area (Å²) in [6.07, 6.45) is 2.87. The number of benzene rings is 1. The number of carbonyl (C=O) groups is 1. The van der Waals surface area contributed by atoms with Crippen LogP contribution in [0.2, 0.25) is 0 Å². The first kappa shape index (κ1) is 23.5. The van der Waals surface area contributed by atoms with E-state index in [2.05, 4.69) is 26.1 Å². The molecule has 0 fully saturated rings. The highest BCUT2D eigenvalue weighted by Gasteiger charge is 2.33. The molecule has 3 heterocycles. The van der Waals surface area contributed by atoms with Crippen molar-refractivity contribution in [3.63, 3.8) is 0 Å². The topological polar surface area (TPSA) is 64.1 Å². The number of nitrogens with one attached hydrogen (secondary N) is 1. The first-order valence-corrected chi connectivity index (χ1v) is 13.8. The minimum Gasteiger partial charge on any atom is -0.369 e. The van der Waals surface area contributed by atoms with Gasteiger partial charge in [0.15, 0.2) is 5.16 Å². The smallest absolute Gasteiger partial charge is 0.234 e.